The number of unbranched alkanes of at least 4 members (excludes halogenated alkanes) is 3. The third-order valence-corrected chi connectivity index (χ3v) is 4.10. The van der Waals surface area contributed by atoms with Crippen molar-refractivity contribution in [1.82, 2.24) is 0 Å². The van der Waals surface area contributed by atoms with Gasteiger partial charge in [0.2, 0.25) is 0 Å². The summed E-state index contributed by atoms with van der Waals surface area (Å²) >= 11 is 13.7. The second kappa shape index (κ2) is 8.78. The zero-order valence-corrected chi connectivity index (χ0v) is 13.0. The van der Waals surface area contributed by atoms with Crippen molar-refractivity contribution in [2.75, 3.05) is 29.6 Å². The topological polar surface area (TPSA) is 38.0 Å². The van der Waals surface area contributed by atoms with E-state index in [1.807, 2.05) is 11.8 Å². The lowest BCUT2D eigenvalue weighted by atomic mass is 10.2. The summed E-state index contributed by atoms with van der Waals surface area (Å²) in [5.74, 6) is 1.26. The quantitative estimate of drug-likeness (QED) is 0.529. The average molecular weight is 307 g/mol. The van der Waals surface area contributed by atoms with Crippen LogP contribution in [0.5, 0.6) is 0 Å². The molecule has 0 fully saturated rings. The molecule has 3 N–H and O–H groups in total. The van der Waals surface area contributed by atoms with Crippen LogP contribution in [0.4, 0.5) is 11.4 Å². The van der Waals surface area contributed by atoms with Gasteiger partial charge in [-0.1, -0.05) is 36.0 Å². The lowest BCUT2D eigenvalue weighted by Crippen LogP contribution is -2.04. The second-order valence-corrected chi connectivity index (χ2v) is 5.99. The first kappa shape index (κ1) is 15.8. The lowest BCUT2D eigenvalue weighted by Gasteiger charge is -2.10. The van der Waals surface area contributed by atoms with Crippen molar-refractivity contribution in [2.24, 2.45) is 0 Å². The molecule has 18 heavy (non-hydrogen) atoms. The Morgan fingerprint density at radius 2 is 1.78 bits per heavy atom. The van der Waals surface area contributed by atoms with Crippen LogP contribution >= 0.6 is 35.0 Å². The van der Waals surface area contributed by atoms with E-state index in [4.69, 9.17) is 28.9 Å². The second-order valence-electron chi connectivity index (χ2n) is 4.19. The molecule has 5 heteroatoms. The highest BCUT2D eigenvalue weighted by molar-refractivity contribution is 7.98. The molecule has 1 aromatic carbocycles. The summed E-state index contributed by atoms with van der Waals surface area (Å²) in [7, 11) is 0. The van der Waals surface area contributed by atoms with Crippen LogP contribution in [-0.2, 0) is 0 Å². The van der Waals surface area contributed by atoms with Crippen LogP contribution in [0.2, 0.25) is 10.0 Å². The molecule has 0 saturated heterocycles. The highest BCUT2D eigenvalue weighted by Gasteiger charge is 2.04. The van der Waals surface area contributed by atoms with E-state index in [0.717, 1.165) is 18.7 Å². The molecular weight excluding hydrogens is 287 g/mol. The average Bonchev–Trinajstić information content (AvgIpc) is 2.34. The van der Waals surface area contributed by atoms with Gasteiger partial charge in [-0.2, -0.15) is 11.8 Å². The summed E-state index contributed by atoms with van der Waals surface area (Å²) in [6.07, 6.45) is 7.13. The van der Waals surface area contributed by atoms with Crippen LogP contribution in [0.25, 0.3) is 0 Å². The standard InChI is InChI=1S/C13H20Cl2N2S/c1-18-7-5-3-2-4-6-17-13-9-11(15)10(14)8-12(13)16/h8-9,17H,2-7,16H2,1H3. The summed E-state index contributed by atoms with van der Waals surface area (Å²) in [5.41, 5.74) is 7.38. The zero-order valence-electron chi connectivity index (χ0n) is 10.6. The maximum Gasteiger partial charge on any atom is 0.0614 e. The number of thioether (sulfide) groups is 1. The summed E-state index contributed by atoms with van der Waals surface area (Å²) in [6.45, 7) is 0.918. The van der Waals surface area contributed by atoms with Gasteiger partial charge in [0.05, 0.1) is 21.4 Å². The van der Waals surface area contributed by atoms with E-state index >= 15 is 0 Å². The Morgan fingerprint density at radius 1 is 1.11 bits per heavy atom. The highest BCUT2D eigenvalue weighted by Crippen LogP contribution is 2.30. The highest BCUT2D eigenvalue weighted by atomic mass is 35.5. The molecule has 2 nitrogen and oxygen atoms in total. The maximum atomic E-state index is 5.95. The first-order valence-electron chi connectivity index (χ1n) is 6.12. The fraction of sp³-hybridized carbons (Fsp3) is 0.538. The summed E-state index contributed by atoms with van der Waals surface area (Å²) in [4.78, 5) is 0. The molecule has 0 aliphatic carbocycles. The molecule has 0 aromatic heterocycles. The predicted octanol–water partition coefficient (Wildman–Crippen LogP) is 4.91. The van der Waals surface area contributed by atoms with Crippen molar-refractivity contribution in [3.05, 3.63) is 22.2 Å². The third kappa shape index (κ3) is 5.59. The fourth-order valence-corrected chi connectivity index (χ4v) is 2.49. The van der Waals surface area contributed by atoms with Crippen molar-refractivity contribution in [1.29, 1.82) is 0 Å². The van der Waals surface area contributed by atoms with Crippen molar-refractivity contribution < 1.29 is 0 Å². The third-order valence-electron chi connectivity index (χ3n) is 2.68. The van der Waals surface area contributed by atoms with E-state index in [1.54, 1.807) is 12.1 Å². The molecule has 0 bridgehead atoms. The molecule has 0 heterocycles. The number of halogens is 2. The molecule has 0 spiro atoms. The van der Waals surface area contributed by atoms with E-state index in [0.29, 0.717) is 15.7 Å². The molecule has 0 aliphatic rings. The van der Waals surface area contributed by atoms with Crippen LogP contribution < -0.4 is 11.1 Å². The van der Waals surface area contributed by atoms with Gasteiger partial charge in [-0.15, -0.1) is 0 Å². The molecule has 1 aromatic rings. The molecule has 0 radical (unpaired) electrons. The van der Waals surface area contributed by atoms with Crippen LogP contribution in [-0.4, -0.2) is 18.6 Å². The summed E-state index contributed by atoms with van der Waals surface area (Å²) in [6, 6.07) is 3.47. The molecule has 0 amide bonds. The molecule has 0 atom stereocenters. The summed E-state index contributed by atoms with van der Waals surface area (Å²) < 4.78 is 0. The van der Waals surface area contributed by atoms with Crippen molar-refractivity contribution in [3.63, 3.8) is 0 Å². The van der Waals surface area contributed by atoms with E-state index in [9.17, 15) is 0 Å². The minimum atomic E-state index is 0.497. The Kier molecular flexibility index (Phi) is 7.71. The van der Waals surface area contributed by atoms with Crippen LogP contribution in [0.15, 0.2) is 12.1 Å². The molecular formula is C13H20Cl2N2S. The Hall–Kier alpha value is -0.250. The molecule has 0 unspecified atom stereocenters. The SMILES string of the molecule is CSCCCCCCNc1cc(Cl)c(Cl)cc1N. The molecule has 0 saturated carbocycles. The van der Waals surface area contributed by atoms with Gasteiger partial charge in [-0.25, -0.2) is 0 Å². The number of nitrogens with one attached hydrogen (secondary N) is 1. The van der Waals surface area contributed by atoms with Crippen LogP contribution in [0, 0.1) is 0 Å². The van der Waals surface area contributed by atoms with Crippen LogP contribution in [0.3, 0.4) is 0 Å². The maximum absolute atomic E-state index is 5.95. The van der Waals surface area contributed by atoms with Gasteiger partial charge in [0.15, 0.2) is 0 Å². The van der Waals surface area contributed by atoms with Crippen molar-refractivity contribution in [2.45, 2.75) is 25.7 Å². The first-order valence-corrected chi connectivity index (χ1v) is 8.27. The van der Waals surface area contributed by atoms with E-state index in [1.165, 1.54) is 25.0 Å². The fourth-order valence-electron chi connectivity index (χ4n) is 1.66. The lowest BCUT2D eigenvalue weighted by molar-refractivity contribution is 0.689. The van der Waals surface area contributed by atoms with E-state index < -0.39 is 0 Å². The van der Waals surface area contributed by atoms with Gasteiger partial charge in [-0.3, -0.25) is 0 Å². The number of nitrogen functional groups attached to an aromatic ring is 1. The first-order chi connectivity index (χ1) is 8.65. The number of hydrogen-bond acceptors (Lipinski definition) is 3. The zero-order chi connectivity index (χ0) is 13.4. The summed E-state index contributed by atoms with van der Waals surface area (Å²) in [5, 5.41) is 4.33. The predicted molar refractivity (Wildman–Crippen MR) is 86.2 cm³/mol. The number of benzene rings is 1. The smallest absolute Gasteiger partial charge is 0.0614 e. The molecule has 102 valence electrons. The number of nitrogens with two attached hydrogens (primary N) is 1. The minimum absolute atomic E-state index is 0.497. The van der Waals surface area contributed by atoms with Gasteiger partial charge in [-0.05, 0) is 37.0 Å². The Balaban J connectivity index is 2.25. The van der Waals surface area contributed by atoms with Crippen molar-refractivity contribution in [3.8, 4) is 0 Å². The van der Waals surface area contributed by atoms with Gasteiger partial charge < -0.3 is 11.1 Å². The molecule has 0 aliphatic heterocycles. The number of hydrogen-bond donors (Lipinski definition) is 2. The Morgan fingerprint density at radius 3 is 2.50 bits per heavy atom. The number of rotatable bonds is 8. The van der Waals surface area contributed by atoms with Gasteiger partial charge >= 0.3 is 0 Å². The molecule has 1 rings (SSSR count). The van der Waals surface area contributed by atoms with E-state index in [2.05, 4.69) is 11.6 Å². The van der Waals surface area contributed by atoms with Gasteiger partial charge in [0, 0.05) is 6.54 Å². The van der Waals surface area contributed by atoms with Gasteiger partial charge in [0.1, 0.15) is 0 Å². The van der Waals surface area contributed by atoms with E-state index in [-0.39, 0.29) is 0 Å². The van der Waals surface area contributed by atoms with Gasteiger partial charge in [0.25, 0.3) is 0 Å². The largest absolute Gasteiger partial charge is 0.397 e. The normalized spacial score (nSPS) is 10.6. The monoisotopic (exact) mass is 306 g/mol. The Labute approximate surface area is 124 Å². The Bertz CT molecular complexity index is 372. The van der Waals surface area contributed by atoms with Crippen molar-refractivity contribution >= 4 is 46.3 Å². The van der Waals surface area contributed by atoms with Crippen LogP contribution in [0.1, 0.15) is 25.7 Å². The minimum Gasteiger partial charge on any atom is -0.397 e. The number of anilines is 2.